The summed E-state index contributed by atoms with van der Waals surface area (Å²) in [6.45, 7) is 12.3. The number of aliphatic imine (C=N–C) groups is 1. The van der Waals surface area contributed by atoms with Gasteiger partial charge in [-0.25, -0.2) is 0 Å². The van der Waals surface area contributed by atoms with E-state index in [2.05, 4.69) is 25.8 Å². The van der Waals surface area contributed by atoms with Gasteiger partial charge in [0.15, 0.2) is 0 Å². The number of carbonyl (C=O) groups excluding carboxylic acids is 1. The van der Waals surface area contributed by atoms with Crippen LogP contribution in [0.25, 0.3) is 0 Å². The second kappa shape index (κ2) is 5.61. The fraction of sp³-hybridized carbons (Fsp3) is 0.867. The lowest BCUT2D eigenvalue weighted by Gasteiger charge is -2.56. The third-order valence-electron chi connectivity index (χ3n) is 4.92. The molecule has 0 aromatic heterocycles. The van der Waals surface area contributed by atoms with Crippen LogP contribution in [-0.4, -0.2) is 35.5 Å². The molecule has 19 heavy (non-hydrogen) atoms. The maximum absolute atomic E-state index is 11.3. The number of rotatable bonds is 5. The fourth-order valence-corrected chi connectivity index (χ4v) is 2.90. The van der Waals surface area contributed by atoms with Crippen molar-refractivity contribution in [2.75, 3.05) is 13.2 Å². The Hall–Kier alpha value is -0.900. The van der Waals surface area contributed by atoms with Crippen molar-refractivity contribution >= 4 is 11.7 Å². The molecule has 0 heterocycles. The van der Waals surface area contributed by atoms with E-state index in [4.69, 9.17) is 4.74 Å². The van der Waals surface area contributed by atoms with Crippen molar-refractivity contribution in [1.29, 1.82) is 0 Å². The van der Waals surface area contributed by atoms with E-state index in [1.807, 2.05) is 0 Å². The summed E-state index contributed by atoms with van der Waals surface area (Å²) >= 11 is 0. The molecule has 1 saturated carbocycles. The van der Waals surface area contributed by atoms with E-state index in [0.29, 0.717) is 18.2 Å². The van der Waals surface area contributed by atoms with Gasteiger partial charge in [0.05, 0.1) is 6.61 Å². The minimum atomic E-state index is -0.956. The Morgan fingerprint density at radius 3 is 2.53 bits per heavy atom. The van der Waals surface area contributed by atoms with E-state index in [0.717, 1.165) is 6.42 Å². The molecule has 2 unspecified atom stereocenters. The highest BCUT2D eigenvalue weighted by atomic mass is 16.5. The van der Waals surface area contributed by atoms with Crippen LogP contribution in [0.1, 0.15) is 48.0 Å². The zero-order valence-electron chi connectivity index (χ0n) is 13.0. The van der Waals surface area contributed by atoms with Gasteiger partial charge >= 0.3 is 5.97 Å². The summed E-state index contributed by atoms with van der Waals surface area (Å²) in [4.78, 5) is 15.5. The number of esters is 1. The zero-order valence-corrected chi connectivity index (χ0v) is 13.0. The van der Waals surface area contributed by atoms with Crippen LogP contribution in [-0.2, 0) is 9.53 Å². The molecule has 0 aromatic rings. The molecule has 0 aliphatic heterocycles. The molecule has 0 aromatic carbocycles. The topological polar surface area (TPSA) is 58.9 Å². The van der Waals surface area contributed by atoms with Crippen LogP contribution >= 0.6 is 0 Å². The van der Waals surface area contributed by atoms with Crippen LogP contribution in [0.15, 0.2) is 4.99 Å². The van der Waals surface area contributed by atoms with Crippen LogP contribution in [0, 0.1) is 17.3 Å². The number of carbonyl (C=O) groups is 1. The Kier molecular flexibility index (Phi) is 4.77. The number of ether oxygens (including phenoxy) is 1. The lowest BCUT2D eigenvalue weighted by Crippen LogP contribution is -2.57. The standard InChI is InChI=1S/C15H27NO3/c1-7-19-13(17)9-16-11(3)15(6,18)12-8-10(2)14(12,4)5/h10,12,18H,7-9H2,1-6H3/t10?,12?,15-/m0/s1. The van der Waals surface area contributed by atoms with Crippen molar-refractivity contribution in [2.45, 2.75) is 53.6 Å². The van der Waals surface area contributed by atoms with Gasteiger partial charge in [0, 0.05) is 5.71 Å². The molecule has 4 heteroatoms. The molecule has 1 aliphatic rings. The second-order valence-corrected chi connectivity index (χ2v) is 6.36. The van der Waals surface area contributed by atoms with Crippen LogP contribution in [0.5, 0.6) is 0 Å². The molecule has 0 saturated heterocycles. The maximum atomic E-state index is 11.3. The van der Waals surface area contributed by atoms with Crippen molar-refractivity contribution in [3.05, 3.63) is 0 Å². The molecule has 0 spiro atoms. The summed E-state index contributed by atoms with van der Waals surface area (Å²) in [5.41, 5.74) is -0.238. The molecule has 1 aliphatic carbocycles. The first-order valence-electron chi connectivity index (χ1n) is 7.03. The smallest absolute Gasteiger partial charge is 0.327 e. The summed E-state index contributed by atoms with van der Waals surface area (Å²) in [6, 6.07) is 0. The normalized spacial score (nSPS) is 29.3. The molecule has 1 N–H and O–H groups in total. The van der Waals surface area contributed by atoms with Gasteiger partial charge in [-0.15, -0.1) is 0 Å². The average Bonchev–Trinajstić information content (AvgIpc) is 2.32. The molecular weight excluding hydrogens is 242 g/mol. The summed E-state index contributed by atoms with van der Waals surface area (Å²) in [7, 11) is 0. The molecular formula is C15H27NO3. The molecule has 1 rings (SSSR count). The molecule has 1 fully saturated rings. The number of hydrogen-bond donors (Lipinski definition) is 1. The molecule has 0 bridgehead atoms. The highest BCUT2D eigenvalue weighted by molar-refractivity contribution is 5.91. The lowest BCUT2D eigenvalue weighted by molar-refractivity contribution is -0.141. The third-order valence-corrected chi connectivity index (χ3v) is 4.92. The van der Waals surface area contributed by atoms with Gasteiger partial charge in [-0.1, -0.05) is 20.8 Å². The summed E-state index contributed by atoms with van der Waals surface area (Å²) < 4.78 is 4.84. The minimum Gasteiger partial charge on any atom is -0.465 e. The monoisotopic (exact) mass is 269 g/mol. The van der Waals surface area contributed by atoms with Crippen molar-refractivity contribution in [2.24, 2.45) is 22.2 Å². The Bertz CT molecular complexity index is 372. The van der Waals surface area contributed by atoms with Crippen molar-refractivity contribution in [3.8, 4) is 0 Å². The lowest BCUT2D eigenvalue weighted by atomic mass is 9.50. The maximum Gasteiger partial charge on any atom is 0.327 e. The van der Waals surface area contributed by atoms with E-state index in [1.54, 1.807) is 20.8 Å². The number of aliphatic hydroxyl groups is 1. The first-order valence-corrected chi connectivity index (χ1v) is 7.03. The van der Waals surface area contributed by atoms with Crippen LogP contribution < -0.4 is 0 Å². The predicted molar refractivity (Wildman–Crippen MR) is 76.3 cm³/mol. The van der Waals surface area contributed by atoms with E-state index in [-0.39, 0.29) is 23.8 Å². The first kappa shape index (κ1) is 16.2. The van der Waals surface area contributed by atoms with E-state index in [1.165, 1.54) is 0 Å². The predicted octanol–water partition coefficient (Wildman–Crippen LogP) is 2.44. The Labute approximate surface area is 116 Å². The molecule has 0 radical (unpaired) electrons. The largest absolute Gasteiger partial charge is 0.465 e. The highest BCUT2D eigenvalue weighted by Crippen LogP contribution is 2.55. The number of hydrogen-bond acceptors (Lipinski definition) is 4. The van der Waals surface area contributed by atoms with E-state index >= 15 is 0 Å². The van der Waals surface area contributed by atoms with Gasteiger partial charge in [-0.05, 0) is 44.4 Å². The van der Waals surface area contributed by atoms with Gasteiger partial charge in [0.1, 0.15) is 12.1 Å². The molecule has 0 amide bonds. The van der Waals surface area contributed by atoms with Crippen molar-refractivity contribution in [3.63, 3.8) is 0 Å². The van der Waals surface area contributed by atoms with Crippen LogP contribution in [0.3, 0.4) is 0 Å². The molecule has 4 nitrogen and oxygen atoms in total. The SMILES string of the molecule is CCOC(=O)CN=C(C)[C@](C)(O)C1CC(C)C1(C)C. The fourth-order valence-electron chi connectivity index (χ4n) is 2.90. The Morgan fingerprint density at radius 1 is 1.53 bits per heavy atom. The van der Waals surface area contributed by atoms with Gasteiger partial charge in [0.2, 0.25) is 0 Å². The summed E-state index contributed by atoms with van der Waals surface area (Å²) in [6.07, 6.45) is 0.992. The quantitative estimate of drug-likeness (QED) is 0.616. The van der Waals surface area contributed by atoms with Crippen molar-refractivity contribution < 1.29 is 14.6 Å². The third kappa shape index (κ3) is 3.16. The van der Waals surface area contributed by atoms with E-state index < -0.39 is 5.60 Å². The Morgan fingerprint density at radius 2 is 2.11 bits per heavy atom. The second-order valence-electron chi connectivity index (χ2n) is 6.36. The average molecular weight is 269 g/mol. The zero-order chi connectivity index (χ0) is 14.8. The first-order chi connectivity index (χ1) is 8.64. The van der Waals surface area contributed by atoms with Gasteiger partial charge in [0.25, 0.3) is 0 Å². The highest BCUT2D eigenvalue weighted by Gasteiger charge is 2.54. The Balaban J connectivity index is 2.72. The van der Waals surface area contributed by atoms with Crippen LogP contribution in [0.4, 0.5) is 0 Å². The van der Waals surface area contributed by atoms with Crippen molar-refractivity contribution in [1.82, 2.24) is 0 Å². The molecule has 3 atom stereocenters. The number of nitrogens with zero attached hydrogens (tertiary/aromatic N) is 1. The van der Waals surface area contributed by atoms with Gasteiger partial charge in [-0.2, -0.15) is 0 Å². The molecule has 110 valence electrons. The van der Waals surface area contributed by atoms with Gasteiger partial charge < -0.3 is 9.84 Å². The minimum absolute atomic E-state index is 0.0154. The van der Waals surface area contributed by atoms with Gasteiger partial charge in [-0.3, -0.25) is 9.79 Å². The van der Waals surface area contributed by atoms with Crippen LogP contribution in [0.2, 0.25) is 0 Å². The van der Waals surface area contributed by atoms with E-state index in [9.17, 15) is 9.90 Å². The summed E-state index contributed by atoms with van der Waals surface area (Å²) in [5, 5.41) is 10.7. The summed E-state index contributed by atoms with van der Waals surface area (Å²) in [5.74, 6) is 0.432.